The smallest absolute Gasteiger partial charge is 0.124 e. The van der Waals surface area contributed by atoms with E-state index < -0.39 is 0 Å². The molecule has 0 unspecified atom stereocenters. The predicted octanol–water partition coefficient (Wildman–Crippen LogP) is 9.23. The second-order valence-corrected chi connectivity index (χ2v) is 9.06. The Morgan fingerprint density at radius 3 is 1.74 bits per heavy atom. The van der Waals surface area contributed by atoms with Gasteiger partial charge < -0.3 is 5.11 Å². The summed E-state index contributed by atoms with van der Waals surface area (Å²) in [4.78, 5) is 4.57. The van der Waals surface area contributed by atoms with Crippen molar-refractivity contribution in [3.05, 3.63) is 42.0 Å². The largest absolute Gasteiger partial charge is 0.507 e. The van der Waals surface area contributed by atoms with Gasteiger partial charge in [0, 0.05) is 18.3 Å². The Hall–Kier alpha value is -1.83. The molecule has 2 aromatic rings. The molecule has 2 heteroatoms. The lowest BCUT2D eigenvalue weighted by Gasteiger charge is -2.05. The molecule has 172 valence electrons. The second kappa shape index (κ2) is 16.8. The molecule has 0 spiro atoms. The number of phenolic OH excluding ortho intramolecular Hbond substituents is 1. The molecule has 0 saturated carbocycles. The van der Waals surface area contributed by atoms with Crippen LogP contribution in [0, 0.1) is 0 Å². The van der Waals surface area contributed by atoms with Gasteiger partial charge in [0.1, 0.15) is 5.75 Å². The third-order valence-electron chi connectivity index (χ3n) is 6.31. The lowest BCUT2D eigenvalue weighted by Crippen LogP contribution is -1.89. The maximum atomic E-state index is 10.2. The molecule has 31 heavy (non-hydrogen) atoms. The van der Waals surface area contributed by atoms with Crippen molar-refractivity contribution in [3.63, 3.8) is 0 Å². The average molecular weight is 424 g/mol. The summed E-state index contributed by atoms with van der Waals surface area (Å²) >= 11 is 0. The summed E-state index contributed by atoms with van der Waals surface area (Å²) < 4.78 is 0. The van der Waals surface area contributed by atoms with Crippen LogP contribution in [0.4, 0.5) is 0 Å². The maximum Gasteiger partial charge on any atom is 0.124 e. The fourth-order valence-electron chi connectivity index (χ4n) is 4.33. The van der Waals surface area contributed by atoms with Crippen molar-refractivity contribution < 1.29 is 5.11 Å². The SMILES string of the molecule is CCCCCCCCCCCCCCCCCCN=Cc1c(O)ccc2ccccc12. The van der Waals surface area contributed by atoms with Gasteiger partial charge in [-0.05, 0) is 23.3 Å². The van der Waals surface area contributed by atoms with Crippen LogP contribution in [0.3, 0.4) is 0 Å². The molecule has 0 aliphatic rings. The van der Waals surface area contributed by atoms with Gasteiger partial charge in [-0.3, -0.25) is 4.99 Å². The first kappa shape index (κ1) is 25.4. The normalized spacial score (nSPS) is 11.6. The molecule has 0 heterocycles. The van der Waals surface area contributed by atoms with Crippen LogP contribution in [0.15, 0.2) is 41.4 Å². The fraction of sp³-hybridized carbons (Fsp3) is 0.621. The Bertz CT molecular complexity index is 737. The van der Waals surface area contributed by atoms with E-state index in [1.54, 1.807) is 6.07 Å². The lowest BCUT2D eigenvalue weighted by atomic mass is 10.0. The van der Waals surface area contributed by atoms with E-state index in [0.29, 0.717) is 5.75 Å². The molecule has 2 aromatic carbocycles. The van der Waals surface area contributed by atoms with Crippen LogP contribution in [0.2, 0.25) is 0 Å². The zero-order valence-electron chi connectivity index (χ0n) is 20.0. The highest BCUT2D eigenvalue weighted by molar-refractivity contribution is 6.02. The Kier molecular flexibility index (Phi) is 13.8. The first-order valence-electron chi connectivity index (χ1n) is 13.0. The van der Waals surface area contributed by atoms with E-state index in [-0.39, 0.29) is 0 Å². The van der Waals surface area contributed by atoms with Crippen molar-refractivity contribution in [2.75, 3.05) is 6.54 Å². The summed E-state index contributed by atoms with van der Waals surface area (Å²) in [5.74, 6) is 0.314. The average Bonchev–Trinajstić information content (AvgIpc) is 2.79. The molecule has 0 aliphatic carbocycles. The molecule has 0 amide bonds. The molecule has 1 N–H and O–H groups in total. The van der Waals surface area contributed by atoms with E-state index in [4.69, 9.17) is 0 Å². The number of nitrogens with zero attached hydrogens (tertiary/aromatic N) is 1. The van der Waals surface area contributed by atoms with E-state index in [1.165, 1.54) is 96.3 Å². The number of benzene rings is 2. The predicted molar refractivity (Wildman–Crippen MR) is 138 cm³/mol. The molecule has 0 atom stereocenters. The Morgan fingerprint density at radius 2 is 1.16 bits per heavy atom. The quantitative estimate of drug-likeness (QED) is 0.188. The van der Waals surface area contributed by atoms with Crippen LogP contribution in [0.25, 0.3) is 10.8 Å². The molecule has 0 aliphatic heterocycles. The van der Waals surface area contributed by atoms with Crippen molar-refractivity contribution >= 4 is 17.0 Å². The molecule has 0 fully saturated rings. The van der Waals surface area contributed by atoms with E-state index in [0.717, 1.165) is 29.3 Å². The summed E-state index contributed by atoms with van der Waals surface area (Å²) in [5.41, 5.74) is 0.842. The van der Waals surface area contributed by atoms with Crippen molar-refractivity contribution in [2.45, 2.75) is 110 Å². The van der Waals surface area contributed by atoms with E-state index >= 15 is 0 Å². The van der Waals surface area contributed by atoms with Crippen LogP contribution in [0.1, 0.15) is 115 Å². The van der Waals surface area contributed by atoms with Gasteiger partial charge in [-0.2, -0.15) is 0 Å². The van der Waals surface area contributed by atoms with Gasteiger partial charge in [0.25, 0.3) is 0 Å². The van der Waals surface area contributed by atoms with Gasteiger partial charge in [-0.15, -0.1) is 0 Å². The molecular formula is C29H45NO. The topological polar surface area (TPSA) is 32.6 Å². The Balaban J connectivity index is 1.42. The van der Waals surface area contributed by atoms with Gasteiger partial charge in [-0.1, -0.05) is 134 Å². The molecule has 0 saturated heterocycles. The zero-order valence-corrected chi connectivity index (χ0v) is 20.0. The summed E-state index contributed by atoms with van der Waals surface area (Å²) in [5, 5.41) is 12.4. The highest BCUT2D eigenvalue weighted by Crippen LogP contribution is 2.25. The molecule has 2 rings (SSSR count). The Labute approximate surface area is 191 Å². The zero-order chi connectivity index (χ0) is 22.0. The standard InChI is InChI=1S/C29H45NO/c1-2-3-4-5-6-7-8-9-10-11-12-13-14-15-16-19-24-30-25-28-27-21-18-17-20-26(27)22-23-29(28)31/h17-18,20-23,25,31H,2-16,19,24H2,1H3. The number of hydrogen-bond donors (Lipinski definition) is 1. The molecule has 0 radical (unpaired) electrons. The third-order valence-corrected chi connectivity index (χ3v) is 6.31. The number of rotatable bonds is 18. The van der Waals surface area contributed by atoms with Crippen molar-refractivity contribution in [2.24, 2.45) is 4.99 Å². The van der Waals surface area contributed by atoms with Crippen LogP contribution in [-0.4, -0.2) is 17.9 Å². The minimum absolute atomic E-state index is 0.314. The first-order chi connectivity index (χ1) is 15.3. The van der Waals surface area contributed by atoms with E-state index in [9.17, 15) is 5.11 Å². The first-order valence-corrected chi connectivity index (χ1v) is 13.0. The number of hydrogen-bond acceptors (Lipinski definition) is 2. The van der Waals surface area contributed by atoms with Crippen LogP contribution in [-0.2, 0) is 0 Å². The Morgan fingerprint density at radius 1 is 0.645 bits per heavy atom. The van der Waals surface area contributed by atoms with E-state index in [1.807, 2.05) is 30.5 Å². The van der Waals surface area contributed by atoms with Crippen molar-refractivity contribution in [3.8, 4) is 5.75 Å². The van der Waals surface area contributed by atoms with Crippen molar-refractivity contribution in [1.82, 2.24) is 0 Å². The molecule has 0 bridgehead atoms. The van der Waals surface area contributed by atoms with Gasteiger partial charge in [0.2, 0.25) is 0 Å². The minimum Gasteiger partial charge on any atom is -0.507 e. The number of aromatic hydroxyl groups is 1. The highest BCUT2D eigenvalue weighted by atomic mass is 16.3. The number of phenols is 1. The third kappa shape index (κ3) is 10.8. The van der Waals surface area contributed by atoms with Gasteiger partial charge in [-0.25, -0.2) is 0 Å². The van der Waals surface area contributed by atoms with Crippen molar-refractivity contribution in [1.29, 1.82) is 0 Å². The monoisotopic (exact) mass is 423 g/mol. The van der Waals surface area contributed by atoms with Crippen LogP contribution >= 0.6 is 0 Å². The highest BCUT2D eigenvalue weighted by Gasteiger charge is 2.03. The molecule has 2 nitrogen and oxygen atoms in total. The summed E-state index contributed by atoms with van der Waals surface area (Å²) in [6.07, 6.45) is 24.1. The molecular weight excluding hydrogens is 378 g/mol. The maximum absolute atomic E-state index is 10.2. The fourth-order valence-corrected chi connectivity index (χ4v) is 4.33. The summed E-state index contributed by atoms with van der Waals surface area (Å²) in [6.45, 7) is 3.14. The lowest BCUT2D eigenvalue weighted by molar-refractivity contribution is 0.475. The number of aliphatic imine (C=N–C) groups is 1. The number of fused-ring (bicyclic) bond motifs is 1. The van der Waals surface area contributed by atoms with Crippen LogP contribution in [0.5, 0.6) is 5.75 Å². The summed E-state index contributed by atoms with van der Waals surface area (Å²) in [6, 6.07) is 11.9. The molecule has 0 aromatic heterocycles. The second-order valence-electron chi connectivity index (χ2n) is 9.06. The number of unbranched alkanes of at least 4 members (excludes halogenated alkanes) is 15. The summed E-state index contributed by atoms with van der Waals surface area (Å²) in [7, 11) is 0. The van der Waals surface area contributed by atoms with Crippen LogP contribution < -0.4 is 0 Å². The van der Waals surface area contributed by atoms with E-state index in [2.05, 4.69) is 18.0 Å². The van der Waals surface area contributed by atoms with Gasteiger partial charge >= 0.3 is 0 Å². The van der Waals surface area contributed by atoms with Gasteiger partial charge in [0.15, 0.2) is 0 Å². The minimum atomic E-state index is 0.314. The van der Waals surface area contributed by atoms with Gasteiger partial charge in [0.05, 0.1) is 0 Å².